The Hall–Kier alpha value is 0.230. The summed E-state index contributed by atoms with van der Waals surface area (Å²) in [6.07, 6.45) is 2.24. The van der Waals surface area contributed by atoms with Crippen LogP contribution in [0.4, 0.5) is 0 Å². The van der Waals surface area contributed by atoms with Gasteiger partial charge in [0.25, 0.3) is 0 Å². The first-order valence-electron chi connectivity index (χ1n) is 3.45. The predicted molar refractivity (Wildman–Crippen MR) is 55.7 cm³/mol. The minimum absolute atomic E-state index is 1.41. The van der Waals surface area contributed by atoms with Crippen molar-refractivity contribution in [2.75, 3.05) is 0 Å². The molecule has 0 aliphatic carbocycles. The molecule has 0 nitrogen and oxygen atoms in total. The Morgan fingerprint density at radius 3 is 2.73 bits per heavy atom. The van der Waals surface area contributed by atoms with Crippen molar-refractivity contribution < 1.29 is 0 Å². The van der Waals surface area contributed by atoms with E-state index in [0.717, 1.165) is 0 Å². The summed E-state index contributed by atoms with van der Waals surface area (Å²) in [6.45, 7) is 0. The van der Waals surface area contributed by atoms with E-state index in [9.17, 15) is 0 Å². The fraction of sp³-hybridized carbons (Fsp3) is 0.111. The fourth-order valence-electron chi connectivity index (χ4n) is 1.26. The molecule has 0 spiro atoms. The molecule has 58 valence electrons. The molecule has 0 fully saturated rings. The summed E-state index contributed by atoms with van der Waals surface area (Å²) in [7, 11) is 0. The molecule has 1 heterocycles. The number of halogens is 1. The van der Waals surface area contributed by atoms with Gasteiger partial charge in [0.2, 0.25) is 0 Å². The van der Waals surface area contributed by atoms with Gasteiger partial charge in [0, 0.05) is 0 Å². The van der Waals surface area contributed by atoms with Gasteiger partial charge in [-0.05, 0) is 0 Å². The van der Waals surface area contributed by atoms with Crippen LogP contribution in [-0.2, 0) is 0 Å². The summed E-state index contributed by atoms with van der Waals surface area (Å²) >= 11 is 2.00. The topological polar surface area (TPSA) is 0 Å². The first-order valence-corrected chi connectivity index (χ1v) is 13.5. The number of benzene rings is 1. The van der Waals surface area contributed by atoms with Gasteiger partial charge in [-0.3, -0.25) is 0 Å². The van der Waals surface area contributed by atoms with Crippen molar-refractivity contribution in [3.8, 4) is 0 Å². The van der Waals surface area contributed by atoms with E-state index in [4.69, 9.17) is 0 Å². The Kier molecular flexibility index (Phi) is 1.87. The van der Waals surface area contributed by atoms with E-state index in [1.54, 1.807) is 3.61 Å². The molecule has 1 aromatic carbocycles. The van der Waals surface area contributed by atoms with Crippen molar-refractivity contribution in [1.29, 1.82) is 0 Å². The van der Waals surface area contributed by atoms with Gasteiger partial charge in [-0.2, -0.15) is 0 Å². The Morgan fingerprint density at radius 2 is 2.00 bits per heavy atom. The van der Waals surface area contributed by atoms with Crippen molar-refractivity contribution in [3.63, 3.8) is 0 Å². The average Bonchev–Trinajstić information content (AvgIpc) is 2.29. The molecule has 0 aromatic heterocycles. The van der Waals surface area contributed by atoms with Crippen LogP contribution in [0.15, 0.2) is 28.4 Å². The second-order valence-corrected chi connectivity index (χ2v) is 18.8. The van der Waals surface area contributed by atoms with Crippen LogP contribution in [0, 0.1) is 0 Å². The molecule has 1 aliphatic heterocycles. The molecule has 0 saturated heterocycles. The van der Waals surface area contributed by atoms with E-state index < -0.39 is 16.0 Å². The normalized spacial score (nSPS) is 32.9. The summed E-state index contributed by atoms with van der Waals surface area (Å²) in [5.41, 5.74) is 1.41. The number of hydrogen-bond acceptors (Lipinski definition) is 0. The second-order valence-electron chi connectivity index (χ2n) is 2.72. The van der Waals surface area contributed by atoms with Gasteiger partial charge in [0.1, 0.15) is 0 Å². The van der Waals surface area contributed by atoms with E-state index >= 15 is 0 Å². The van der Waals surface area contributed by atoms with E-state index in [2.05, 4.69) is 52.2 Å². The van der Waals surface area contributed by atoms with Gasteiger partial charge in [-0.25, -0.2) is 0 Å². The first kappa shape index (κ1) is 7.86. The van der Waals surface area contributed by atoms with Gasteiger partial charge in [0.05, 0.1) is 0 Å². The summed E-state index contributed by atoms with van der Waals surface area (Å²) in [6, 6.07) is 8.65. The molecule has 0 N–H and O–H groups in total. The van der Waals surface area contributed by atoms with Crippen LogP contribution in [0.25, 0.3) is 6.08 Å². The van der Waals surface area contributed by atoms with Crippen molar-refractivity contribution in [2.24, 2.45) is 0 Å². The van der Waals surface area contributed by atoms with Gasteiger partial charge in [-0.1, -0.05) is 0 Å². The average molecular weight is 325 g/mol. The standard InChI is InChI=1S/C9H9BrTe/c1-11(10)7-6-8-4-2-3-5-9(8)11/h2-7H,1H3. The number of fused-ring (bicyclic) bond motifs is 1. The molecule has 11 heavy (non-hydrogen) atoms. The molecule has 1 unspecified atom stereocenters. The molecule has 2 rings (SSSR count). The third-order valence-electron chi connectivity index (χ3n) is 1.85. The Balaban J connectivity index is 2.64. The molecular formula is C9H9BrTe. The van der Waals surface area contributed by atoms with Crippen LogP contribution in [0.2, 0.25) is 4.97 Å². The zero-order valence-corrected chi connectivity index (χ0v) is 10.2. The second kappa shape index (κ2) is 2.62. The summed E-state index contributed by atoms with van der Waals surface area (Å²) in [4.78, 5) is 2.35. The van der Waals surface area contributed by atoms with E-state index in [-0.39, 0.29) is 0 Å². The van der Waals surface area contributed by atoms with Gasteiger partial charge < -0.3 is 0 Å². The van der Waals surface area contributed by atoms with Crippen molar-refractivity contribution in [2.45, 2.75) is 4.97 Å². The SMILES string of the molecule is C[Te]1(Br)C=Cc2ccccc21. The van der Waals surface area contributed by atoms with Crippen LogP contribution in [0.1, 0.15) is 5.56 Å². The Bertz CT molecular complexity index is 315. The van der Waals surface area contributed by atoms with Gasteiger partial charge >= 0.3 is 77.3 Å². The third-order valence-corrected chi connectivity index (χ3v) is 11.0. The molecule has 1 atom stereocenters. The summed E-state index contributed by atoms with van der Waals surface area (Å²) in [5.74, 6) is 0. The third kappa shape index (κ3) is 1.28. The predicted octanol–water partition coefficient (Wildman–Crippen LogP) is 2.43. The van der Waals surface area contributed by atoms with Gasteiger partial charge in [-0.15, -0.1) is 0 Å². The molecular weight excluding hydrogens is 316 g/mol. The monoisotopic (exact) mass is 326 g/mol. The van der Waals surface area contributed by atoms with Crippen LogP contribution in [-0.4, -0.2) is 16.0 Å². The van der Waals surface area contributed by atoms with E-state index in [0.29, 0.717) is 0 Å². The zero-order chi connectivity index (χ0) is 7.90. The fourth-order valence-corrected chi connectivity index (χ4v) is 8.21. The quantitative estimate of drug-likeness (QED) is 0.643. The Labute approximate surface area is 76.9 Å². The number of rotatable bonds is 0. The molecule has 1 aromatic rings. The minimum atomic E-state index is -1.84. The van der Waals surface area contributed by atoms with E-state index in [1.165, 1.54) is 5.56 Å². The van der Waals surface area contributed by atoms with E-state index in [1.807, 2.05) is 0 Å². The summed E-state index contributed by atoms with van der Waals surface area (Å²) < 4.78 is 3.92. The van der Waals surface area contributed by atoms with Crippen LogP contribution in [0.5, 0.6) is 0 Å². The molecule has 1 aliphatic rings. The maximum atomic E-state index is 3.84. The summed E-state index contributed by atoms with van der Waals surface area (Å²) in [5, 5.41) is 0. The molecule has 0 saturated carbocycles. The Morgan fingerprint density at radius 1 is 1.27 bits per heavy atom. The number of hydrogen-bond donors (Lipinski definition) is 0. The molecule has 0 amide bonds. The zero-order valence-electron chi connectivity index (χ0n) is 6.25. The van der Waals surface area contributed by atoms with Crippen LogP contribution in [0.3, 0.4) is 0 Å². The van der Waals surface area contributed by atoms with Crippen LogP contribution < -0.4 is 3.61 Å². The van der Waals surface area contributed by atoms with Gasteiger partial charge in [0.15, 0.2) is 0 Å². The maximum absolute atomic E-state index is 3.84. The van der Waals surface area contributed by atoms with Crippen molar-refractivity contribution >= 4 is 38.4 Å². The molecule has 0 bridgehead atoms. The van der Waals surface area contributed by atoms with Crippen molar-refractivity contribution in [3.05, 3.63) is 34.0 Å². The molecule has 2 heteroatoms. The first-order chi connectivity index (χ1) is 5.20. The van der Waals surface area contributed by atoms with Crippen LogP contribution >= 0.6 is 12.8 Å². The molecule has 0 radical (unpaired) electrons. The van der Waals surface area contributed by atoms with Crippen molar-refractivity contribution in [1.82, 2.24) is 0 Å².